The second kappa shape index (κ2) is 12.9. The second-order valence-electron chi connectivity index (χ2n) is 6.60. The van der Waals surface area contributed by atoms with Crippen LogP contribution in [0.3, 0.4) is 0 Å². The van der Waals surface area contributed by atoms with E-state index in [-0.39, 0.29) is 37.7 Å². The molecule has 0 spiro atoms. The van der Waals surface area contributed by atoms with Crippen molar-refractivity contribution in [3.63, 3.8) is 0 Å². The highest BCUT2D eigenvalue weighted by Gasteiger charge is 2.28. The van der Waals surface area contributed by atoms with Crippen LogP contribution in [0.4, 0.5) is 8.78 Å². The molecule has 0 aliphatic carbocycles. The van der Waals surface area contributed by atoms with Gasteiger partial charge in [0.2, 0.25) is 0 Å². The Morgan fingerprint density at radius 1 is 1.37 bits per heavy atom. The molecule has 1 fully saturated rings. The average Bonchev–Trinajstić information content (AvgIpc) is 2.63. The number of hydrogen-bond acceptors (Lipinski definition) is 4. The number of aldehydes is 1. The zero-order chi connectivity index (χ0) is 20.2. The number of rotatable bonds is 13. The van der Waals surface area contributed by atoms with Crippen LogP contribution in [0.5, 0.6) is 0 Å². The van der Waals surface area contributed by atoms with Gasteiger partial charge >= 0.3 is 0 Å². The number of hydrogen-bond donors (Lipinski definition) is 0. The first-order valence-electron chi connectivity index (χ1n) is 9.16. The summed E-state index contributed by atoms with van der Waals surface area (Å²) in [4.78, 5) is 15.9. The van der Waals surface area contributed by atoms with E-state index in [1.165, 1.54) is 0 Å². The summed E-state index contributed by atoms with van der Waals surface area (Å²) in [5.41, 5.74) is 1.57. The maximum atomic E-state index is 14.5. The van der Waals surface area contributed by atoms with Crippen molar-refractivity contribution in [1.29, 1.82) is 0 Å². The minimum atomic E-state index is -0.317. The maximum Gasteiger partial charge on any atom is 0.160 e. The molecule has 152 valence electrons. The molecule has 0 aromatic carbocycles. The van der Waals surface area contributed by atoms with E-state index in [4.69, 9.17) is 4.74 Å². The third-order valence-corrected chi connectivity index (χ3v) is 5.37. The number of likely N-dealkylation sites (tertiary alicyclic amines) is 1. The van der Waals surface area contributed by atoms with Crippen molar-refractivity contribution in [2.24, 2.45) is 10.9 Å². The van der Waals surface area contributed by atoms with Gasteiger partial charge in [-0.2, -0.15) is 0 Å². The predicted octanol–water partition coefficient (Wildman–Crippen LogP) is 5.12. The number of carbonyl (C=O) groups excluding carboxylic acids is 1. The third-order valence-electron chi connectivity index (χ3n) is 4.45. The van der Waals surface area contributed by atoms with Crippen molar-refractivity contribution in [3.05, 3.63) is 34.7 Å². The van der Waals surface area contributed by atoms with Crippen LogP contribution >= 0.6 is 15.9 Å². The second-order valence-corrected chi connectivity index (χ2v) is 7.24. The first kappa shape index (κ1) is 23.7. The number of alkyl halides is 1. The number of ether oxygens (including phenoxy) is 1. The van der Waals surface area contributed by atoms with Gasteiger partial charge in [0.15, 0.2) is 5.82 Å². The molecule has 0 aromatic rings. The minimum absolute atomic E-state index is 0.0215. The quantitative estimate of drug-likeness (QED) is 0.129. The van der Waals surface area contributed by atoms with E-state index in [0.29, 0.717) is 36.4 Å². The Hall–Kier alpha value is -1.34. The summed E-state index contributed by atoms with van der Waals surface area (Å²) in [6.07, 6.45) is 3.71. The SMILES string of the molecule is C=N/C(=C(/F)C/C=C(\C)C/C(CC)=C(\F)CCOCC=O)N1CC(CBr)C1. The van der Waals surface area contributed by atoms with Gasteiger partial charge < -0.3 is 14.4 Å². The van der Waals surface area contributed by atoms with Crippen molar-refractivity contribution in [1.82, 2.24) is 4.90 Å². The molecule has 0 atom stereocenters. The van der Waals surface area contributed by atoms with Gasteiger partial charge in [0, 0.05) is 37.2 Å². The van der Waals surface area contributed by atoms with Gasteiger partial charge in [-0.05, 0) is 32.1 Å². The van der Waals surface area contributed by atoms with Crippen LogP contribution in [0.15, 0.2) is 39.7 Å². The van der Waals surface area contributed by atoms with Crippen molar-refractivity contribution in [2.45, 2.75) is 39.5 Å². The van der Waals surface area contributed by atoms with Crippen LogP contribution in [-0.2, 0) is 9.53 Å². The fraction of sp³-hybridized carbons (Fsp3) is 0.600. The number of allylic oxidation sites excluding steroid dienone is 4. The van der Waals surface area contributed by atoms with Crippen molar-refractivity contribution in [2.75, 3.05) is 31.6 Å². The van der Waals surface area contributed by atoms with Gasteiger partial charge in [-0.3, -0.25) is 0 Å². The lowest BCUT2D eigenvalue weighted by Crippen LogP contribution is -2.46. The molecule has 27 heavy (non-hydrogen) atoms. The highest BCUT2D eigenvalue weighted by molar-refractivity contribution is 9.09. The normalized spacial score (nSPS) is 17.2. The van der Waals surface area contributed by atoms with E-state index in [1.54, 1.807) is 6.08 Å². The van der Waals surface area contributed by atoms with Gasteiger partial charge in [-0.1, -0.05) is 34.5 Å². The van der Waals surface area contributed by atoms with Crippen LogP contribution in [0.25, 0.3) is 0 Å². The molecular weight excluding hydrogens is 418 g/mol. The summed E-state index contributed by atoms with van der Waals surface area (Å²) in [6.45, 7) is 8.93. The average molecular weight is 447 g/mol. The molecule has 0 saturated carbocycles. The van der Waals surface area contributed by atoms with Crippen LogP contribution in [0.2, 0.25) is 0 Å². The summed E-state index contributed by atoms with van der Waals surface area (Å²) in [6, 6.07) is 0. The molecule has 0 radical (unpaired) electrons. The van der Waals surface area contributed by atoms with Gasteiger partial charge in [0.05, 0.1) is 6.61 Å². The Balaban J connectivity index is 2.64. The predicted molar refractivity (Wildman–Crippen MR) is 109 cm³/mol. The van der Waals surface area contributed by atoms with Gasteiger partial charge in [-0.15, -0.1) is 0 Å². The first-order valence-corrected chi connectivity index (χ1v) is 10.3. The van der Waals surface area contributed by atoms with Crippen LogP contribution in [0.1, 0.15) is 39.5 Å². The summed E-state index contributed by atoms with van der Waals surface area (Å²) in [5, 5.41) is 0.895. The van der Waals surface area contributed by atoms with Crippen LogP contribution < -0.4 is 0 Å². The van der Waals surface area contributed by atoms with Crippen molar-refractivity contribution < 1.29 is 18.3 Å². The van der Waals surface area contributed by atoms with E-state index in [9.17, 15) is 13.6 Å². The van der Waals surface area contributed by atoms with Crippen molar-refractivity contribution in [3.8, 4) is 0 Å². The molecule has 4 nitrogen and oxygen atoms in total. The fourth-order valence-corrected chi connectivity index (χ4v) is 3.25. The lowest BCUT2D eigenvalue weighted by Gasteiger charge is -2.40. The summed E-state index contributed by atoms with van der Waals surface area (Å²) in [7, 11) is 0. The topological polar surface area (TPSA) is 41.9 Å². The molecule has 0 amide bonds. The summed E-state index contributed by atoms with van der Waals surface area (Å²) in [5.74, 6) is 0.285. The molecule has 1 rings (SSSR count). The summed E-state index contributed by atoms with van der Waals surface area (Å²) < 4.78 is 33.7. The fourth-order valence-electron chi connectivity index (χ4n) is 2.84. The Morgan fingerprint density at radius 2 is 2.07 bits per heavy atom. The highest BCUT2D eigenvalue weighted by atomic mass is 79.9. The lowest BCUT2D eigenvalue weighted by molar-refractivity contribution is -0.111. The minimum Gasteiger partial charge on any atom is -0.374 e. The van der Waals surface area contributed by atoms with E-state index in [0.717, 1.165) is 24.0 Å². The molecule has 0 aromatic heterocycles. The molecule has 0 unspecified atom stereocenters. The molecule has 1 aliphatic heterocycles. The highest BCUT2D eigenvalue weighted by Crippen LogP contribution is 2.28. The third kappa shape index (κ3) is 8.05. The van der Waals surface area contributed by atoms with E-state index in [1.807, 2.05) is 18.7 Å². The Kier molecular flexibility index (Phi) is 11.4. The van der Waals surface area contributed by atoms with E-state index >= 15 is 0 Å². The van der Waals surface area contributed by atoms with Crippen LogP contribution in [-0.4, -0.2) is 49.5 Å². The molecular formula is C20H29BrF2N2O2. The van der Waals surface area contributed by atoms with Gasteiger partial charge in [0.25, 0.3) is 0 Å². The Bertz CT molecular complexity index is 597. The molecule has 0 bridgehead atoms. The largest absolute Gasteiger partial charge is 0.374 e. The summed E-state index contributed by atoms with van der Waals surface area (Å²) >= 11 is 3.43. The maximum absolute atomic E-state index is 14.5. The standard InChI is InChI=1S/C20H29BrF2N2O2/c1-4-17(18(22)7-9-27-10-8-26)11-15(2)5-6-19(23)20(24-3)25-13-16(12-21)14-25/h5,8,16H,3-4,6-7,9-14H2,1-2H3/b15-5+,18-17-,20-19-. The monoisotopic (exact) mass is 446 g/mol. The zero-order valence-electron chi connectivity index (χ0n) is 16.1. The zero-order valence-corrected chi connectivity index (χ0v) is 17.7. The molecule has 1 saturated heterocycles. The number of aliphatic imine (C=N–C) groups is 1. The molecule has 1 heterocycles. The molecule has 1 aliphatic rings. The van der Waals surface area contributed by atoms with Crippen molar-refractivity contribution >= 4 is 28.9 Å². The smallest absolute Gasteiger partial charge is 0.160 e. The first-order chi connectivity index (χ1) is 13.0. The molecule has 0 N–H and O–H groups in total. The van der Waals surface area contributed by atoms with E-state index < -0.39 is 0 Å². The van der Waals surface area contributed by atoms with E-state index in [2.05, 4.69) is 27.6 Å². The van der Waals surface area contributed by atoms with Gasteiger partial charge in [-0.25, -0.2) is 13.8 Å². The Labute approximate surface area is 169 Å². The number of halogens is 3. The lowest BCUT2D eigenvalue weighted by atomic mass is 10.0. The van der Waals surface area contributed by atoms with Gasteiger partial charge in [0.1, 0.15) is 24.5 Å². The molecule has 7 heteroatoms. The number of nitrogens with zero attached hydrogens (tertiary/aromatic N) is 2. The Morgan fingerprint density at radius 3 is 2.63 bits per heavy atom. The van der Waals surface area contributed by atoms with Crippen LogP contribution in [0, 0.1) is 5.92 Å². The number of carbonyl (C=O) groups is 1.